The van der Waals surface area contributed by atoms with Gasteiger partial charge in [-0.2, -0.15) is 0 Å². The molecule has 0 amide bonds. The van der Waals surface area contributed by atoms with Crippen LogP contribution < -0.4 is 5.32 Å². The van der Waals surface area contributed by atoms with Crippen LogP contribution in [0.4, 0.5) is 5.82 Å². The van der Waals surface area contributed by atoms with Crippen molar-refractivity contribution in [2.45, 2.75) is 32.7 Å². The van der Waals surface area contributed by atoms with Crippen molar-refractivity contribution in [1.29, 1.82) is 0 Å². The zero-order chi connectivity index (χ0) is 12.1. The quantitative estimate of drug-likeness (QED) is 0.785. The van der Waals surface area contributed by atoms with Gasteiger partial charge in [-0.3, -0.25) is 9.88 Å². The van der Waals surface area contributed by atoms with E-state index in [2.05, 4.69) is 27.1 Å². The largest absolute Gasteiger partial charge is 0.372 e. The van der Waals surface area contributed by atoms with Crippen LogP contribution in [0.25, 0.3) is 0 Å². The van der Waals surface area contributed by atoms with Crippen molar-refractivity contribution in [2.75, 3.05) is 25.5 Å². The Morgan fingerprint density at radius 3 is 2.71 bits per heavy atom. The number of hydrogen-bond donors (Lipinski definition) is 1. The molecule has 0 aromatic carbocycles. The molecule has 1 aliphatic carbocycles. The highest BCUT2D eigenvalue weighted by atomic mass is 15.1. The van der Waals surface area contributed by atoms with Gasteiger partial charge in [0.25, 0.3) is 0 Å². The summed E-state index contributed by atoms with van der Waals surface area (Å²) in [6, 6.07) is 0. The number of hydrogen-bond acceptors (Lipinski definition) is 4. The van der Waals surface area contributed by atoms with Gasteiger partial charge in [0.1, 0.15) is 5.82 Å². The lowest BCUT2D eigenvalue weighted by molar-refractivity contribution is 0.252. The smallest absolute Gasteiger partial charge is 0.144 e. The van der Waals surface area contributed by atoms with Crippen molar-refractivity contribution in [3.05, 3.63) is 18.1 Å². The molecule has 1 fully saturated rings. The lowest BCUT2D eigenvalue weighted by Gasteiger charge is -2.20. The van der Waals surface area contributed by atoms with E-state index in [0.717, 1.165) is 30.5 Å². The zero-order valence-corrected chi connectivity index (χ0v) is 10.8. The van der Waals surface area contributed by atoms with Crippen molar-refractivity contribution in [3.8, 4) is 0 Å². The van der Waals surface area contributed by atoms with Crippen LogP contribution in [-0.2, 0) is 6.54 Å². The van der Waals surface area contributed by atoms with E-state index in [9.17, 15) is 0 Å². The predicted octanol–water partition coefficient (Wildman–Crippen LogP) is 2.14. The first-order valence-electron chi connectivity index (χ1n) is 6.53. The first kappa shape index (κ1) is 12.3. The highest BCUT2D eigenvalue weighted by Crippen LogP contribution is 2.30. The van der Waals surface area contributed by atoms with Gasteiger partial charge in [-0.25, -0.2) is 4.98 Å². The third-order valence-corrected chi connectivity index (χ3v) is 3.10. The summed E-state index contributed by atoms with van der Waals surface area (Å²) in [5.74, 6) is 1.77. The molecule has 0 bridgehead atoms. The number of aromatic nitrogens is 2. The van der Waals surface area contributed by atoms with Gasteiger partial charge in [-0.05, 0) is 31.7 Å². The zero-order valence-electron chi connectivity index (χ0n) is 10.8. The van der Waals surface area contributed by atoms with E-state index < -0.39 is 0 Å². The molecule has 0 atom stereocenters. The van der Waals surface area contributed by atoms with Crippen LogP contribution in [0.1, 0.15) is 31.9 Å². The summed E-state index contributed by atoms with van der Waals surface area (Å²) in [5.41, 5.74) is 1.07. The Balaban J connectivity index is 1.90. The molecule has 0 radical (unpaired) electrons. The van der Waals surface area contributed by atoms with Crippen LogP contribution >= 0.6 is 0 Å². The van der Waals surface area contributed by atoms with Crippen LogP contribution in [0.15, 0.2) is 12.4 Å². The summed E-state index contributed by atoms with van der Waals surface area (Å²) in [7, 11) is 1.86. The first-order valence-corrected chi connectivity index (χ1v) is 6.53. The minimum Gasteiger partial charge on any atom is -0.372 e. The maximum atomic E-state index is 4.43. The van der Waals surface area contributed by atoms with Crippen molar-refractivity contribution in [1.82, 2.24) is 14.9 Å². The molecule has 1 heterocycles. The van der Waals surface area contributed by atoms with Crippen LogP contribution in [0, 0.1) is 5.92 Å². The second-order valence-electron chi connectivity index (χ2n) is 4.82. The number of nitrogens with one attached hydrogen (secondary N) is 1. The summed E-state index contributed by atoms with van der Waals surface area (Å²) in [6.45, 7) is 5.55. The highest BCUT2D eigenvalue weighted by molar-refractivity contribution is 5.29. The molecule has 0 aliphatic heterocycles. The molecule has 4 nitrogen and oxygen atoms in total. The van der Waals surface area contributed by atoms with E-state index in [-0.39, 0.29) is 0 Å². The van der Waals surface area contributed by atoms with E-state index in [4.69, 9.17) is 0 Å². The highest BCUT2D eigenvalue weighted by Gasteiger charge is 2.24. The Morgan fingerprint density at radius 1 is 1.35 bits per heavy atom. The SMILES string of the molecule is CCCN(Cc1cnc(NC)cn1)CC1CC1. The van der Waals surface area contributed by atoms with Gasteiger partial charge in [-0.15, -0.1) is 0 Å². The summed E-state index contributed by atoms with van der Waals surface area (Å²) < 4.78 is 0. The topological polar surface area (TPSA) is 41.1 Å². The van der Waals surface area contributed by atoms with E-state index >= 15 is 0 Å². The van der Waals surface area contributed by atoms with Crippen LogP contribution in [0.5, 0.6) is 0 Å². The normalized spacial score (nSPS) is 15.2. The third kappa shape index (κ3) is 3.97. The minimum absolute atomic E-state index is 0.831. The second-order valence-corrected chi connectivity index (χ2v) is 4.82. The molecular weight excluding hydrogens is 212 g/mol. The van der Waals surface area contributed by atoms with Crippen molar-refractivity contribution < 1.29 is 0 Å². The Labute approximate surface area is 103 Å². The van der Waals surface area contributed by atoms with Gasteiger partial charge in [0.2, 0.25) is 0 Å². The van der Waals surface area contributed by atoms with E-state index in [1.165, 1.54) is 25.8 Å². The summed E-state index contributed by atoms with van der Waals surface area (Å²) >= 11 is 0. The van der Waals surface area contributed by atoms with Crippen molar-refractivity contribution in [2.24, 2.45) is 5.92 Å². The number of nitrogens with zero attached hydrogens (tertiary/aromatic N) is 3. The van der Waals surface area contributed by atoms with E-state index in [1.54, 1.807) is 6.20 Å². The average molecular weight is 234 g/mol. The Kier molecular flexibility index (Phi) is 4.31. The molecule has 94 valence electrons. The Hall–Kier alpha value is -1.16. The predicted molar refractivity (Wildman–Crippen MR) is 69.9 cm³/mol. The number of rotatable bonds is 7. The molecule has 0 unspecified atom stereocenters. The minimum atomic E-state index is 0.831. The molecule has 0 spiro atoms. The molecule has 4 heteroatoms. The van der Waals surface area contributed by atoms with Gasteiger partial charge in [-0.1, -0.05) is 6.92 Å². The van der Waals surface area contributed by atoms with Crippen LogP contribution in [-0.4, -0.2) is 35.0 Å². The summed E-state index contributed by atoms with van der Waals surface area (Å²) in [6.07, 6.45) is 7.70. The summed E-state index contributed by atoms with van der Waals surface area (Å²) in [5, 5.41) is 2.99. The van der Waals surface area contributed by atoms with Crippen LogP contribution in [0.3, 0.4) is 0 Å². The molecule has 2 rings (SSSR count). The molecule has 1 N–H and O–H groups in total. The third-order valence-electron chi connectivity index (χ3n) is 3.10. The van der Waals surface area contributed by atoms with Crippen molar-refractivity contribution >= 4 is 5.82 Å². The molecule has 1 saturated carbocycles. The van der Waals surface area contributed by atoms with E-state index in [0.29, 0.717) is 0 Å². The molecule has 1 aromatic heterocycles. The Morgan fingerprint density at radius 2 is 2.18 bits per heavy atom. The maximum Gasteiger partial charge on any atom is 0.144 e. The fourth-order valence-electron chi connectivity index (χ4n) is 2.01. The molecule has 1 aliphatic rings. The molecule has 1 aromatic rings. The first-order chi connectivity index (χ1) is 8.31. The van der Waals surface area contributed by atoms with Gasteiger partial charge in [0.05, 0.1) is 18.1 Å². The van der Waals surface area contributed by atoms with Gasteiger partial charge < -0.3 is 5.32 Å². The monoisotopic (exact) mass is 234 g/mol. The van der Waals surface area contributed by atoms with Crippen molar-refractivity contribution in [3.63, 3.8) is 0 Å². The van der Waals surface area contributed by atoms with Gasteiger partial charge in [0.15, 0.2) is 0 Å². The average Bonchev–Trinajstić information content (AvgIpc) is 3.14. The van der Waals surface area contributed by atoms with Gasteiger partial charge >= 0.3 is 0 Å². The Bertz CT molecular complexity index is 332. The fraction of sp³-hybridized carbons (Fsp3) is 0.692. The summed E-state index contributed by atoms with van der Waals surface area (Å²) in [4.78, 5) is 11.2. The lowest BCUT2D eigenvalue weighted by atomic mass is 10.3. The fourth-order valence-corrected chi connectivity index (χ4v) is 2.01. The molecule has 17 heavy (non-hydrogen) atoms. The van der Waals surface area contributed by atoms with E-state index in [1.807, 2.05) is 13.2 Å². The second kappa shape index (κ2) is 5.96. The molecule has 0 saturated heterocycles. The number of anilines is 1. The maximum absolute atomic E-state index is 4.43. The van der Waals surface area contributed by atoms with Gasteiger partial charge in [0, 0.05) is 20.1 Å². The lowest BCUT2D eigenvalue weighted by Crippen LogP contribution is -2.27. The van der Waals surface area contributed by atoms with Crippen LogP contribution in [0.2, 0.25) is 0 Å². The molecular formula is C13H22N4. The standard InChI is InChI=1S/C13H22N4/c1-3-6-17(9-11-4-5-11)10-12-7-16-13(14-2)8-15-12/h7-8,11H,3-6,9-10H2,1-2H3,(H,14,16).